The summed E-state index contributed by atoms with van der Waals surface area (Å²) < 4.78 is 32.1. The first-order valence-corrected chi connectivity index (χ1v) is 9.91. The molecule has 1 N–H and O–H groups in total. The van der Waals surface area contributed by atoms with Gasteiger partial charge in [-0.25, -0.2) is 18.7 Å². The fourth-order valence-electron chi connectivity index (χ4n) is 3.58. The number of rotatable bonds is 5. The number of aryl methyl sites for hydroxylation is 1. The number of piperazine rings is 1. The second-order valence-electron chi connectivity index (χ2n) is 7.37. The largest absolute Gasteiger partial charge is 0.483 e. The Morgan fingerprint density at radius 3 is 2.45 bits per heavy atom. The topological polar surface area (TPSA) is 79.4 Å². The Kier molecular flexibility index (Phi) is 7.48. The van der Waals surface area contributed by atoms with Gasteiger partial charge in [0.25, 0.3) is 6.47 Å². The van der Waals surface area contributed by atoms with E-state index < -0.39 is 11.6 Å². The minimum Gasteiger partial charge on any atom is -0.483 e. The first-order valence-electron chi connectivity index (χ1n) is 9.91. The molecule has 1 aliphatic heterocycles. The van der Waals surface area contributed by atoms with Crippen LogP contribution in [0, 0.1) is 11.6 Å². The van der Waals surface area contributed by atoms with Gasteiger partial charge in [0.1, 0.15) is 23.0 Å². The smallest absolute Gasteiger partial charge is 0.290 e. The van der Waals surface area contributed by atoms with Crippen LogP contribution in [0.2, 0.25) is 0 Å². The normalized spacial score (nSPS) is 14.8. The van der Waals surface area contributed by atoms with Crippen LogP contribution >= 0.6 is 0 Å². The van der Waals surface area contributed by atoms with E-state index in [0.29, 0.717) is 23.8 Å². The van der Waals surface area contributed by atoms with Crippen molar-refractivity contribution in [2.45, 2.75) is 6.54 Å². The molecule has 0 spiro atoms. The van der Waals surface area contributed by atoms with E-state index in [1.807, 2.05) is 22.4 Å². The van der Waals surface area contributed by atoms with E-state index in [4.69, 9.17) is 9.90 Å². The molecule has 166 valence electrons. The molecule has 8 nitrogen and oxygen atoms in total. The second-order valence-corrected chi connectivity index (χ2v) is 7.37. The van der Waals surface area contributed by atoms with E-state index >= 15 is 0 Å². The van der Waals surface area contributed by atoms with Gasteiger partial charge in [-0.3, -0.25) is 9.69 Å². The molecular weight excluding hydrogens is 406 g/mol. The van der Waals surface area contributed by atoms with E-state index in [9.17, 15) is 8.78 Å². The van der Waals surface area contributed by atoms with E-state index in [-0.39, 0.29) is 12.0 Å². The molecule has 0 radical (unpaired) electrons. The predicted molar refractivity (Wildman–Crippen MR) is 112 cm³/mol. The Morgan fingerprint density at radius 1 is 1.10 bits per heavy atom. The van der Waals surface area contributed by atoms with Crippen molar-refractivity contribution in [2.75, 3.05) is 39.8 Å². The highest BCUT2D eigenvalue weighted by molar-refractivity contribution is 5.76. The van der Waals surface area contributed by atoms with Crippen molar-refractivity contribution in [3.63, 3.8) is 0 Å². The van der Waals surface area contributed by atoms with Gasteiger partial charge in [-0.2, -0.15) is 0 Å². The molecule has 0 aliphatic carbocycles. The average Bonchev–Trinajstić information content (AvgIpc) is 3.35. The van der Waals surface area contributed by atoms with Crippen LogP contribution < -0.4 is 0 Å². The van der Waals surface area contributed by atoms with Gasteiger partial charge in [-0.15, -0.1) is 0 Å². The molecular formula is C21H26F2N6O2. The third kappa shape index (κ3) is 5.33. The van der Waals surface area contributed by atoms with Crippen molar-refractivity contribution in [3.05, 3.63) is 48.6 Å². The first-order chi connectivity index (χ1) is 14.9. The van der Waals surface area contributed by atoms with Crippen LogP contribution in [0.25, 0.3) is 22.8 Å². The predicted octanol–water partition coefficient (Wildman–Crippen LogP) is 2.18. The third-order valence-electron chi connectivity index (χ3n) is 5.31. The number of nitrogens with zero attached hydrogens (tertiary/aromatic N) is 6. The molecule has 10 heteroatoms. The molecule has 0 atom stereocenters. The molecule has 1 aliphatic rings. The number of aromatic nitrogens is 4. The summed E-state index contributed by atoms with van der Waals surface area (Å²) in [6.45, 7) is 5.47. The van der Waals surface area contributed by atoms with Crippen molar-refractivity contribution in [3.8, 4) is 22.8 Å². The summed E-state index contributed by atoms with van der Waals surface area (Å²) >= 11 is 0. The number of halogens is 2. The maximum Gasteiger partial charge on any atom is 0.290 e. The highest BCUT2D eigenvalue weighted by Crippen LogP contribution is 2.32. The summed E-state index contributed by atoms with van der Waals surface area (Å²) in [6.07, 6.45) is 5.22. The number of carboxylic acid groups (broad SMARTS) is 1. The summed E-state index contributed by atoms with van der Waals surface area (Å²) in [5.74, 6) is -0.315. The standard InChI is InChI=1S/C20H24F2N6.CH2O2/c1-25-7-9-27(10-8-25)11-12-28-14-24-18(16-13-15(21)3-4-17(16)22)19(28)20-23-5-6-26(20)2;2-1-3/h3-6,13-14H,7-12H2,1-2H3;1H,(H,2,3). The summed E-state index contributed by atoms with van der Waals surface area (Å²) in [7, 11) is 4.01. The Balaban J connectivity index is 0.000000858. The zero-order valence-corrected chi connectivity index (χ0v) is 17.6. The van der Waals surface area contributed by atoms with E-state index in [2.05, 4.69) is 26.8 Å². The maximum atomic E-state index is 14.4. The van der Waals surface area contributed by atoms with Crippen LogP contribution in [0.5, 0.6) is 0 Å². The molecule has 1 fully saturated rings. The Labute approximate surface area is 179 Å². The first kappa shape index (κ1) is 22.6. The Morgan fingerprint density at radius 2 is 1.81 bits per heavy atom. The van der Waals surface area contributed by atoms with Crippen molar-refractivity contribution in [2.24, 2.45) is 7.05 Å². The lowest BCUT2D eigenvalue weighted by Crippen LogP contribution is -2.45. The van der Waals surface area contributed by atoms with Crippen molar-refractivity contribution in [1.82, 2.24) is 28.9 Å². The van der Waals surface area contributed by atoms with Crippen molar-refractivity contribution in [1.29, 1.82) is 0 Å². The molecule has 1 saturated heterocycles. The number of benzene rings is 1. The minimum absolute atomic E-state index is 0.149. The lowest BCUT2D eigenvalue weighted by molar-refractivity contribution is -0.122. The van der Waals surface area contributed by atoms with Gasteiger partial charge in [0, 0.05) is 64.3 Å². The summed E-state index contributed by atoms with van der Waals surface area (Å²) in [5, 5.41) is 6.89. The molecule has 1 aromatic carbocycles. The van der Waals surface area contributed by atoms with Gasteiger partial charge in [0.2, 0.25) is 0 Å². The van der Waals surface area contributed by atoms with Gasteiger partial charge >= 0.3 is 0 Å². The van der Waals surface area contributed by atoms with Gasteiger partial charge in [0.15, 0.2) is 5.82 Å². The average molecular weight is 432 g/mol. The molecule has 3 aromatic rings. The number of carbonyl (C=O) groups is 1. The molecule has 31 heavy (non-hydrogen) atoms. The van der Waals surface area contributed by atoms with Crippen LogP contribution in [0.15, 0.2) is 36.9 Å². The zero-order valence-electron chi connectivity index (χ0n) is 17.6. The quantitative estimate of drug-likeness (QED) is 0.623. The highest BCUT2D eigenvalue weighted by atomic mass is 19.1. The SMILES string of the molecule is CN1CCN(CCn2cnc(-c3cc(F)ccc3F)c2-c2nccn2C)CC1.O=CO. The fraction of sp³-hybridized carbons (Fsp3) is 0.381. The van der Waals surface area contributed by atoms with Gasteiger partial charge in [-0.05, 0) is 25.2 Å². The Hall–Kier alpha value is -3.11. The minimum atomic E-state index is -0.499. The van der Waals surface area contributed by atoms with E-state index in [0.717, 1.165) is 44.9 Å². The Bertz CT molecular complexity index is 1010. The maximum absolute atomic E-state index is 14.4. The number of hydrogen-bond acceptors (Lipinski definition) is 5. The number of likely N-dealkylation sites (N-methyl/N-ethyl adjacent to an activating group) is 1. The van der Waals surface area contributed by atoms with E-state index in [1.165, 1.54) is 6.07 Å². The van der Waals surface area contributed by atoms with Crippen LogP contribution in [0.4, 0.5) is 8.78 Å². The number of hydrogen-bond donors (Lipinski definition) is 1. The molecule has 3 heterocycles. The lowest BCUT2D eigenvalue weighted by Gasteiger charge is -2.32. The van der Waals surface area contributed by atoms with Gasteiger partial charge in [-0.1, -0.05) is 0 Å². The molecule has 4 rings (SSSR count). The van der Waals surface area contributed by atoms with Crippen molar-refractivity contribution >= 4 is 6.47 Å². The third-order valence-corrected chi connectivity index (χ3v) is 5.31. The monoisotopic (exact) mass is 432 g/mol. The lowest BCUT2D eigenvalue weighted by atomic mass is 10.1. The van der Waals surface area contributed by atoms with Gasteiger partial charge < -0.3 is 19.1 Å². The number of imidazole rings is 2. The summed E-state index contributed by atoms with van der Waals surface area (Å²) in [6, 6.07) is 3.44. The molecule has 0 unspecified atom stereocenters. The summed E-state index contributed by atoms with van der Waals surface area (Å²) in [4.78, 5) is 22.0. The van der Waals surface area contributed by atoms with Crippen molar-refractivity contribution < 1.29 is 18.7 Å². The highest BCUT2D eigenvalue weighted by Gasteiger charge is 2.22. The van der Waals surface area contributed by atoms with Crippen LogP contribution in [-0.2, 0) is 18.4 Å². The molecule has 2 aromatic heterocycles. The second kappa shape index (κ2) is 10.3. The zero-order chi connectivity index (χ0) is 22.4. The van der Waals surface area contributed by atoms with Crippen LogP contribution in [0.1, 0.15) is 0 Å². The van der Waals surface area contributed by atoms with Crippen LogP contribution in [-0.4, -0.2) is 80.3 Å². The molecule has 0 saturated carbocycles. The van der Waals surface area contributed by atoms with E-state index in [1.54, 1.807) is 12.5 Å². The molecule has 0 bridgehead atoms. The van der Waals surface area contributed by atoms with Crippen LogP contribution in [0.3, 0.4) is 0 Å². The summed E-state index contributed by atoms with van der Waals surface area (Å²) in [5.41, 5.74) is 1.26. The fourth-order valence-corrected chi connectivity index (χ4v) is 3.58. The molecule has 0 amide bonds. The van der Waals surface area contributed by atoms with Gasteiger partial charge in [0.05, 0.1) is 6.33 Å².